The van der Waals surface area contributed by atoms with Gasteiger partial charge in [0, 0.05) is 6.42 Å². The predicted molar refractivity (Wildman–Crippen MR) is 104 cm³/mol. The standard InChI is InChI=1S/C18H32N2O6S/c1-2-3-4-5-6-7-8-9-17(23)18-19(12-13-21)10-11-20(18)14-16(22)15-27(24,25)26/h2,16,21-22H,1,3-15H2/p+1. The molecule has 1 heterocycles. The SMILES string of the molecule is C=CCCCCCCCC(=O)C1=[N+](CC(O)CS(=O)(=O)O)CCN1CCO. The van der Waals surface area contributed by atoms with Crippen molar-refractivity contribution in [3.8, 4) is 0 Å². The fourth-order valence-corrected chi connectivity index (χ4v) is 3.88. The topological polar surface area (TPSA) is 118 Å². The molecule has 0 radical (unpaired) electrons. The highest BCUT2D eigenvalue weighted by Gasteiger charge is 2.36. The second-order valence-corrected chi connectivity index (χ2v) is 8.40. The molecule has 9 heteroatoms. The van der Waals surface area contributed by atoms with Gasteiger partial charge in [-0.05, 0) is 19.3 Å². The van der Waals surface area contributed by atoms with Crippen LogP contribution in [-0.4, -0.2) is 88.9 Å². The Morgan fingerprint density at radius 1 is 1.26 bits per heavy atom. The number of rotatable bonds is 15. The van der Waals surface area contributed by atoms with Gasteiger partial charge in [0.1, 0.15) is 38.0 Å². The molecule has 3 N–H and O–H groups in total. The number of carbonyl (C=O) groups is 1. The molecule has 0 aromatic carbocycles. The Hall–Kier alpha value is -1.29. The number of nitrogens with zero attached hydrogens (tertiary/aromatic N) is 2. The van der Waals surface area contributed by atoms with Crippen molar-refractivity contribution in [3.63, 3.8) is 0 Å². The van der Waals surface area contributed by atoms with E-state index in [1.54, 1.807) is 9.48 Å². The number of aliphatic hydroxyl groups excluding tert-OH is 2. The number of hydrogen-bond donors (Lipinski definition) is 3. The van der Waals surface area contributed by atoms with Crippen molar-refractivity contribution in [2.24, 2.45) is 0 Å². The van der Waals surface area contributed by atoms with E-state index in [2.05, 4.69) is 6.58 Å². The Morgan fingerprint density at radius 2 is 1.93 bits per heavy atom. The van der Waals surface area contributed by atoms with Crippen LogP contribution in [0.1, 0.15) is 44.9 Å². The van der Waals surface area contributed by atoms with Gasteiger partial charge in [-0.15, -0.1) is 6.58 Å². The summed E-state index contributed by atoms with van der Waals surface area (Å²) in [4.78, 5) is 14.4. The molecule has 0 bridgehead atoms. The van der Waals surface area contributed by atoms with Crippen LogP contribution in [0, 0.1) is 0 Å². The Morgan fingerprint density at radius 3 is 2.56 bits per heavy atom. The molecule has 0 aliphatic carbocycles. The van der Waals surface area contributed by atoms with Crippen molar-refractivity contribution in [3.05, 3.63) is 12.7 Å². The third-order valence-electron chi connectivity index (χ3n) is 4.50. The highest BCUT2D eigenvalue weighted by molar-refractivity contribution is 7.85. The molecular formula is C18H33N2O6S+. The van der Waals surface area contributed by atoms with E-state index in [9.17, 15) is 23.4 Å². The summed E-state index contributed by atoms with van der Waals surface area (Å²) in [6.07, 6.45) is 7.01. The Balaban J connectivity index is 2.63. The lowest BCUT2D eigenvalue weighted by Crippen LogP contribution is -2.40. The fourth-order valence-electron chi connectivity index (χ4n) is 3.29. The number of unbranched alkanes of at least 4 members (excludes halogenated alkanes) is 5. The van der Waals surface area contributed by atoms with E-state index in [0.717, 1.165) is 38.5 Å². The quantitative estimate of drug-likeness (QED) is 0.157. The van der Waals surface area contributed by atoms with Crippen molar-refractivity contribution in [2.45, 2.75) is 51.0 Å². The first-order valence-electron chi connectivity index (χ1n) is 9.53. The first-order valence-corrected chi connectivity index (χ1v) is 11.1. The minimum absolute atomic E-state index is 0.0512. The Bertz CT molecular complexity index is 617. The normalized spacial score (nSPS) is 16.0. The number of aliphatic hydroxyl groups is 2. The van der Waals surface area contributed by atoms with E-state index < -0.39 is 22.0 Å². The van der Waals surface area contributed by atoms with Crippen molar-refractivity contribution in [2.75, 3.05) is 38.5 Å². The largest absolute Gasteiger partial charge is 0.392 e. The van der Waals surface area contributed by atoms with Gasteiger partial charge in [-0.2, -0.15) is 8.42 Å². The van der Waals surface area contributed by atoms with Crippen LogP contribution in [-0.2, 0) is 14.9 Å². The van der Waals surface area contributed by atoms with Crippen LogP contribution in [0.4, 0.5) is 0 Å². The van der Waals surface area contributed by atoms with Gasteiger partial charge >= 0.3 is 5.84 Å². The van der Waals surface area contributed by atoms with Crippen LogP contribution in [0.15, 0.2) is 12.7 Å². The predicted octanol–water partition coefficient (Wildman–Crippen LogP) is 0.440. The van der Waals surface area contributed by atoms with E-state index in [1.807, 2.05) is 6.08 Å². The van der Waals surface area contributed by atoms with Crippen LogP contribution < -0.4 is 0 Å². The molecule has 1 rings (SSSR count). The second kappa shape index (κ2) is 12.2. The molecule has 0 amide bonds. The number of carbonyl (C=O) groups excluding carboxylic acids is 1. The zero-order valence-electron chi connectivity index (χ0n) is 15.9. The molecule has 0 aromatic rings. The van der Waals surface area contributed by atoms with Crippen LogP contribution in [0.2, 0.25) is 0 Å². The molecule has 0 saturated heterocycles. The van der Waals surface area contributed by atoms with Crippen molar-refractivity contribution in [1.29, 1.82) is 0 Å². The summed E-state index contributed by atoms with van der Waals surface area (Å²) in [5.41, 5.74) is 0. The smallest absolute Gasteiger partial charge is 0.316 e. The molecule has 156 valence electrons. The lowest BCUT2D eigenvalue weighted by molar-refractivity contribution is -0.525. The summed E-state index contributed by atoms with van der Waals surface area (Å²) in [6.45, 7) is 4.85. The lowest BCUT2D eigenvalue weighted by atomic mass is 10.1. The zero-order chi connectivity index (χ0) is 20.3. The van der Waals surface area contributed by atoms with Crippen LogP contribution in [0.3, 0.4) is 0 Å². The highest BCUT2D eigenvalue weighted by atomic mass is 32.2. The second-order valence-electron chi connectivity index (χ2n) is 6.90. The van der Waals surface area contributed by atoms with Crippen LogP contribution >= 0.6 is 0 Å². The molecule has 8 nitrogen and oxygen atoms in total. The maximum atomic E-state index is 12.7. The molecule has 0 saturated carbocycles. The summed E-state index contributed by atoms with van der Waals surface area (Å²) in [7, 11) is -4.28. The van der Waals surface area contributed by atoms with Gasteiger partial charge in [0.25, 0.3) is 10.1 Å². The average molecular weight is 406 g/mol. The van der Waals surface area contributed by atoms with E-state index in [-0.39, 0.29) is 18.9 Å². The van der Waals surface area contributed by atoms with Gasteiger partial charge in [0.2, 0.25) is 5.78 Å². The number of allylic oxidation sites excluding steroid dienone is 1. The lowest BCUT2D eigenvalue weighted by Gasteiger charge is -2.13. The highest BCUT2D eigenvalue weighted by Crippen LogP contribution is 2.11. The van der Waals surface area contributed by atoms with E-state index in [1.165, 1.54) is 0 Å². The van der Waals surface area contributed by atoms with Gasteiger partial charge < -0.3 is 10.2 Å². The Labute approximate surface area is 161 Å². The Kier molecular flexibility index (Phi) is 10.8. The van der Waals surface area contributed by atoms with Crippen LogP contribution in [0.25, 0.3) is 0 Å². The number of ketones is 1. The number of β-amino-alcohol motifs (C(OH)–C–C–N with tert-alkyl or cyclic N) is 2. The summed E-state index contributed by atoms with van der Waals surface area (Å²) in [5, 5.41) is 19.1. The van der Waals surface area contributed by atoms with E-state index in [4.69, 9.17) is 4.55 Å². The summed E-state index contributed by atoms with van der Waals surface area (Å²) < 4.78 is 32.4. The summed E-state index contributed by atoms with van der Waals surface area (Å²) in [6, 6.07) is 0. The van der Waals surface area contributed by atoms with Gasteiger partial charge in [-0.1, -0.05) is 25.3 Å². The molecular weight excluding hydrogens is 372 g/mol. The van der Waals surface area contributed by atoms with Crippen LogP contribution in [0.5, 0.6) is 0 Å². The molecule has 0 spiro atoms. The molecule has 27 heavy (non-hydrogen) atoms. The van der Waals surface area contributed by atoms with E-state index >= 15 is 0 Å². The van der Waals surface area contributed by atoms with Crippen molar-refractivity contribution >= 4 is 21.7 Å². The number of hydrogen-bond acceptors (Lipinski definition) is 6. The van der Waals surface area contributed by atoms with Crippen molar-refractivity contribution in [1.82, 2.24) is 4.90 Å². The molecule has 1 unspecified atom stereocenters. The first kappa shape index (κ1) is 23.7. The number of amidine groups is 1. The average Bonchev–Trinajstić information content (AvgIpc) is 2.94. The molecule has 0 aromatic heterocycles. The van der Waals surface area contributed by atoms with Crippen molar-refractivity contribution < 1.29 is 32.6 Å². The van der Waals surface area contributed by atoms with Gasteiger partial charge in [0.15, 0.2) is 0 Å². The minimum atomic E-state index is -4.28. The monoisotopic (exact) mass is 405 g/mol. The van der Waals surface area contributed by atoms with Gasteiger partial charge in [-0.3, -0.25) is 18.8 Å². The minimum Gasteiger partial charge on any atom is -0.392 e. The maximum Gasteiger partial charge on any atom is 0.316 e. The molecule has 1 aliphatic heterocycles. The third kappa shape index (κ3) is 9.46. The van der Waals surface area contributed by atoms with E-state index in [0.29, 0.717) is 31.9 Å². The number of Topliss-reactive ketones (excluding diaryl/α,β-unsaturated/α-hetero) is 1. The van der Waals surface area contributed by atoms with Gasteiger partial charge in [0.05, 0.1) is 6.61 Å². The summed E-state index contributed by atoms with van der Waals surface area (Å²) in [5.74, 6) is -0.411. The maximum absolute atomic E-state index is 12.7. The first-order chi connectivity index (χ1) is 12.8. The fraction of sp³-hybridized carbons (Fsp3) is 0.778. The third-order valence-corrected chi connectivity index (χ3v) is 5.31. The molecule has 1 atom stereocenters. The van der Waals surface area contributed by atoms with Gasteiger partial charge in [-0.25, -0.2) is 0 Å². The summed E-state index contributed by atoms with van der Waals surface area (Å²) >= 11 is 0. The molecule has 1 aliphatic rings. The molecule has 0 fully saturated rings. The zero-order valence-corrected chi connectivity index (χ0v) is 16.7.